The Morgan fingerprint density at radius 3 is 2.75 bits per heavy atom. The van der Waals surface area contributed by atoms with Gasteiger partial charge in [0, 0.05) is 17.5 Å². The molecular weight excluding hydrogens is 306 g/mol. The van der Waals surface area contributed by atoms with Gasteiger partial charge >= 0.3 is 11.7 Å². The highest BCUT2D eigenvalue weighted by Gasteiger charge is 2.10. The topological polar surface area (TPSA) is 65.5 Å². The van der Waals surface area contributed by atoms with E-state index >= 15 is 0 Å². The number of hydrogen-bond acceptors (Lipinski definition) is 5. The molecule has 0 bridgehead atoms. The van der Waals surface area contributed by atoms with E-state index in [2.05, 4.69) is 11.9 Å². The van der Waals surface area contributed by atoms with Gasteiger partial charge in [-0.1, -0.05) is 25.5 Å². The van der Waals surface area contributed by atoms with E-state index in [1.165, 1.54) is 0 Å². The molecule has 5 heteroatoms. The van der Waals surface area contributed by atoms with Crippen molar-refractivity contribution in [3.8, 4) is 11.8 Å². The first-order valence-electron chi connectivity index (χ1n) is 7.83. The highest BCUT2D eigenvalue weighted by molar-refractivity contribution is 5.81. The number of rotatable bonds is 4. The maximum Gasteiger partial charge on any atom is 0.400 e. The normalized spacial score (nSPS) is 11.2. The molecule has 0 aliphatic rings. The molecule has 2 aromatic heterocycles. The summed E-state index contributed by atoms with van der Waals surface area (Å²) in [5, 5.41) is 0.918. The largest absolute Gasteiger partial charge is 0.423 e. The molecule has 2 aromatic carbocycles. The number of ether oxygens (including phenoxy) is 1. The zero-order valence-corrected chi connectivity index (χ0v) is 13.1. The van der Waals surface area contributed by atoms with Crippen molar-refractivity contribution in [3.05, 3.63) is 64.5 Å². The van der Waals surface area contributed by atoms with E-state index in [9.17, 15) is 4.79 Å². The molecule has 0 saturated carbocycles. The van der Waals surface area contributed by atoms with Gasteiger partial charge in [0.15, 0.2) is 5.58 Å². The number of fused-ring (bicyclic) bond motifs is 2. The molecule has 5 nitrogen and oxygen atoms in total. The van der Waals surface area contributed by atoms with Crippen molar-refractivity contribution in [2.24, 2.45) is 0 Å². The summed E-state index contributed by atoms with van der Waals surface area (Å²) >= 11 is 0. The predicted octanol–water partition coefficient (Wildman–Crippen LogP) is 4.68. The van der Waals surface area contributed by atoms with Crippen LogP contribution >= 0.6 is 0 Å². The molecule has 0 aliphatic carbocycles. The Morgan fingerprint density at radius 2 is 1.92 bits per heavy atom. The fraction of sp³-hybridized carbons (Fsp3) is 0.158. The Morgan fingerprint density at radius 1 is 1.04 bits per heavy atom. The van der Waals surface area contributed by atoms with Crippen LogP contribution in [-0.2, 0) is 6.42 Å². The van der Waals surface area contributed by atoms with Gasteiger partial charge in [0.25, 0.3) is 0 Å². The molecule has 2 heterocycles. The zero-order chi connectivity index (χ0) is 16.5. The van der Waals surface area contributed by atoms with Gasteiger partial charge in [-0.2, -0.15) is 4.98 Å². The smallest absolute Gasteiger partial charge is 0.400 e. The van der Waals surface area contributed by atoms with Crippen LogP contribution in [0.1, 0.15) is 18.9 Å². The van der Waals surface area contributed by atoms with Gasteiger partial charge < -0.3 is 13.6 Å². The molecule has 120 valence electrons. The van der Waals surface area contributed by atoms with Crippen LogP contribution in [0.5, 0.6) is 11.8 Å². The minimum atomic E-state index is -0.357. The summed E-state index contributed by atoms with van der Waals surface area (Å²) in [7, 11) is 0. The van der Waals surface area contributed by atoms with Crippen molar-refractivity contribution >= 4 is 22.1 Å². The van der Waals surface area contributed by atoms with Crippen molar-refractivity contribution in [3.63, 3.8) is 0 Å². The number of para-hydroxylation sites is 2. The third kappa shape index (κ3) is 2.65. The fourth-order valence-electron chi connectivity index (χ4n) is 2.75. The number of oxazole rings is 1. The SMILES string of the molecule is CCCc1cc(=O)oc2cc(Oc3nc4ccccc4o3)ccc12. The zero-order valence-electron chi connectivity index (χ0n) is 13.1. The standard InChI is InChI=1S/C19H15NO4/c1-2-5-12-10-18(21)23-17-11-13(8-9-14(12)17)22-19-20-15-6-3-4-7-16(15)24-19/h3-4,6-11H,2,5H2,1H3. The molecule has 0 unspecified atom stereocenters. The van der Waals surface area contributed by atoms with Crippen molar-refractivity contribution in [1.82, 2.24) is 4.98 Å². The molecule has 0 amide bonds. The molecule has 0 atom stereocenters. The van der Waals surface area contributed by atoms with Crippen LogP contribution in [0.4, 0.5) is 0 Å². The summed E-state index contributed by atoms with van der Waals surface area (Å²) in [6.07, 6.45) is 1.94. The van der Waals surface area contributed by atoms with Gasteiger partial charge in [0.1, 0.15) is 16.8 Å². The van der Waals surface area contributed by atoms with Crippen molar-refractivity contribution in [2.45, 2.75) is 19.8 Å². The average molecular weight is 321 g/mol. The Kier molecular flexibility index (Phi) is 3.54. The number of aromatic nitrogens is 1. The van der Waals surface area contributed by atoms with Crippen molar-refractivity contribution in [2.75, 3.05) is 0 Å². The molecule has 0 saturated heterocycles. The first kappa shape index (κ1) is 14.5. The number of hydrogen-bond donors (Lipinski definition) is 0. The second-order valence-corrected chi connectivity index (χ2v) is 5.55. The minimum absolute atomic E-state index is 0.155. The van der Waals surface area contributed by atoms with E-state index < -0.39 is 0 Å². The molecule has 24 heavy (non-hydrogen) atoms. The van der Waals surface area contributed by atoms with E-state index in [0.29, 0.717) is 16.9 Å². The summed E-state index contributed by atoms with van der Waals surface area (Å²) in [6.45, 7) is 2.07. The van der Waals surface area contributed by atoms with Crippen molar-refractivity contribution in [1.29, 1.82) is 0 Å². The van der Waals surface area contributed by atoms with E-state index in [4.69, 9.17) is 13.6 Å². The molecule has 0 radical (unpaired) electrons. The highest BCUT2D eigenvalue weighted by Crippen LogP contribution is 2.28. The summed E-state index contributed by atoms with van der Waals surface area (Å²) in [5.41, 5.74) is 2.51. The molecule has 0 spiro atoms. The second-order valence-electron chi connectivity index (χ2n) is 5.55. The maximum atomic E-state index is 11.7. The van der Waals surface area contributed by atoms with Crippen LogP contribution in [-0.4, -0.2) is 4.98 Å². The van der Waals surface area contributed by atoms with Crippen LogP contribution in [0.3, 0.4) is 0 Å². The Bertz CT molecular complexity index is 1040. The third-order valence-corrected chi connectivity index (χ3v) is 3.80. The summed E-state index contributed by atoms with van der Waals surface area (Å²) in [4.78, 5) is 16.0. The second kappa shape index (κ2) is 5.85. The van der Waals surface area contributed by atoms with Crippen LogP contribution in [0.25, 0.3) is 22.1 Å². The van der Waals surface area contributed by atoms with Crippen molar-refractivity contribution < 1.29 is 13.6 Å². The summed E-state index contributed by atoms with van der Waals surface area (Å²) in [6, 6.07) is 14.4. The first-order chi connectivity index (χ1) is 11.7. The van der Waals surface area contributed by atoms with Gasteiger partial charge in [0.05, 0.1) is 0 Å². The summed E-state index contributed by atoms with van der Waals surface area (Å²) in [5.74, 6) is 0.505. The Hall–Kier alpha value is -3.08. The minimum Gasteiger partial charge on any atom is -0.423 e. The predicted molar refractivity (Wildman–Crippen MR) is 90.6 cm³/mol. The van der Waals surface area contributed by atoms with Gasteiger partial charge in [-0.15, -0.1) is 0 Å². The lowest BCUT2D eigenvalue weighted by atomic mass is 10.1. The molecular formula is C19H15NO4. The molecule has 0 fully saturated rings. The Labute approximate surface area is 137 Å². The number of aryl methyl sites for hydroxylation is 1. The fourth-order valence-corrected chi connectivity index (χ4v) is 2.75. The average Bonchev–Trinajstić information content (AvgIpc) is 2.96. The van der Waals surface area contributed by atoms with E-state index in [-0.39, 0.29) is 11.7 Å². The molecule has 0 N–H and O–H groups in total. The van der Waals surface area contributed by atoms with Gasteiger partial charge in [-0.25, -0.2) is 4.79 Å². The van der Waals surface area contributed by atoms with Gasteiger partial charge in [0.2, 0.25) is 0 Å². The quantitative estimate of drug-likeness (QED) is 0.511. The lowest BCUT2D eigenvalue weighted by molar-refractivity contribution is 0.343. The number of nitrogens with zero attached hydrogens (tertiary/aromatic N) is 1. The van der Waals surface area contributed by atoms with E-state index in [1.54, 1.807) is 12.1 Å². The van der Waals surface area contributed by atoms with Crippen LogP contribution in [0.2, 0.25) is 0 Å². The number of benzene rings is 2. The maximum absolute atomic E-state index is 11.7. The third-order valence-electron chi connectivity index (χ3n) is 3.80. The van der Waals surface area contributed by atoms with Crippen LogP contribution in [0.15, 0.2) is 62.2 Å². The van der Waals surface area contributed by atoms with Gasteiger partial charge in [-0.05, 0) is 36.2 Å². The first-order valence-corrected chi connectivity index (χ1v) is 7.83. The summed E-state index contributed by atoms with van der Waals surface area (Å²) < 4.78 is 16.5. The van der Waals surface area contributed by atoms with E-state index in [1.807, 2.05) is 36.4 Å². The monoisotopic (exact) mass is 321 g/mol. The Balaban J connectivity index is 1.73. The van der Waals surface area contributed by atoms with Crippen LogP contribution in [0, 0.1) is 0 Å². The lowest BCUT2D eigenvalue weighted by Gasteiger charge is -2.06. The van der Waals surface area contributed by atoms with Crippen LogP contribution < -0.4 is 10.4 Å². The van der Waals surface area contributed by atoms with E-state index in [0.717, 1.165) is 29.3 Å². The highest BCUT2D eigenvalue weighted by atomic mass is 16.6. The lowest BCUT2D eigenvalue weighted by Crippen LogP contribution is -2.00. The molecule has 4 aromatic rings. The molecule has 0 aliphatic heterocycles. The molecule has 4 rings (SSSR count). The van der Waals surface area contributed by atoms with Gasteiger partial charge in [-0.3, -0.25) is 0 Å².